The van der Waals surface area contributed by atoms with Crippen LogP contribution in [-0.4, -0.2) is 5.16 Å². The lowest BCUT2D eigenvalue weighted by Crippen LogP contribution is -2.10. The monoisotopic (exact) mass is 214 g/mol. The van der Waals surface area contributed by atoms with Gasteiger partial charge in [-0.15, -0.1) is 0 Å². The molecule has 1 aromatic heterocycles. The highest BCUT2D eigenvalue weighted by Gasteiger charge is 2.49. The minimum atomic E-state index is 0.0620. The van der Waals surface area contributed by atoms with Gasteiger partial charge in [0.05, 0.1) is 5.69 Å². The third-order valence-electron chi connectivity index (χ3n) is 3.49. The molecule has 0 unspecified atom stereocenters. The van der Waals surface area contributed by atoms with Crippen molar-refractivity contribution >= 4 is 5.88 Å². The van der Waals surface area contributed by atoms with Gasteiger partial charge in [0.15, 0.2) is 0 Å². The van der Waals surface area contributed by atoms with E-state index in [4.69, 9.17) is 10.3 Å². The van der Waals surface area contributed by atoms with E-state index >= 15 is 0 Å². The summed E-state index contributed by atoms with van der Waals surface area (Å²) in [5, 5.41) is 4.13. The van der Waals surface area contributed by atoms with E-state index in [-0.39, 0.29) is 5.41 Å². The van der Waals surface area contributed by atoms with E-state index in [2.05, 4.69) is 29.4 Å². The first-order valence-corrected chi connectivity index (χ1v) is 5.52. The van der Waals surface area contributed by atoms with Gasteiger partial charge in [0.1, 0.15) is 0 Å². The number of rotatable bonds is 2. The molecular weight excluding hydrogens is 200 g/mol. The maximum atomic E-state index is 5.71. The Morgan fingerprint density at radius 3 is 2.44 bits per heavy atom. The van der Waals surface area contributed by atoms with Crippen LogP contribution in [0, 0.1) is 6.92 Å². The average molecular weight is 214 g/mol. The smallest absolute Gasteiger partial charge is 0.225 e. The van der Waals surface area contributed by atoms with Gasteiger partial charge in [0.2, 0.25) is 5.88 Å². The molecule has 1 heterocycles. The summed E-state index contributed by atoms with van der Waals surface area (Å²) in [6.07, 6.45) is 2.26. The Bertz CT molecular complexity index is 512. The zero-order valence-electron chi connectivity index (χ0n) is 9.23. The maximum Gasteiger partial charge on any atom is 0.225 e. The van der Waals surface area contributed by atoms with E-state index in [9.17, 15) is 0 Å². The van der Waals surface area contributed by atoms with E-state index in [1.165, 1.54) is 5.56 Å². The van der Waals surface area contributed by atoms with Crippen LogP contribution in [0.1, 0.15) is 29.7 Å². The number of hydrogen-bond donors (Lipinski definition) is 1. The normalized spacial score (nSPS) is 17.3. The Morgan fingerprint density at radius 1 is 1.25 bits per heavy atom. The summed E-state index contributed by atoms with van der Waals surface area (Å²) in [6, 6.07) is 10.5. The highest BCUT2D eigenvalue weighted by atomic mass is 16.5. The van der Waals surface area contributed by atoms with Gasteiger partial charge in [-0.3, -0.25) is 0 Å². The Labute approximate surface area is 94.2 Å². The van der Waals surface area contributed by atoms with Crippen LogP contribution in [-0.2, 0) is 5.41 Å². The van der Waals surface area contributed by atoms with Crippen LogP contribution in [0.3, 0.4) is 0 Å². The first-order chi connectivity index (χ1) is 7.74. The predicted molar refractivity (Wildman–Crippen MR) is 62.1 cm³/mol. The third-order valence-corrected chi connectivity index (χ3v) is 3.49. The van der Waals surface area contributed by atoms with Crippen LogP contribution in [0.4, 0.5) is 5.88 Å². The van der Waals surface area contributed by atoms with Crippen molar-refractivity contribution in [1.29, 1.82) is 0 Å². The highest BCUT2D eigenvalue weighted by Crippen LogP contribution is 2.54. The fourth-order valence-electron chi connectivity index (χ4n) is 2.34. The van der Waals surface area contributed by atoms with Crippen molar-refractivity contribution in [3.8, 4) is 0 Å². The van der Waals surface area contributed by atoms with E-state index in [1.54, 1.807) is 0 Å². The molecule has 82 valence electrons. The van der Waals surface area contributed by atoms with Gasteiger partial charge >= 0.3 is 0 Å². The van der Waals surface area contributed by atoms with Crippen molar-refractivity contribution in [2.45, 2.75) is 25.2 Å². The number of nitrogens with zero attached hydrogens (tertiary/aromatic N) is 1. The molecule has 0 atom stereocenters. The van der Waals surface area contributed by atoms with Crippen molar-refractivity contribution in [2.24, 2.45) is 0 Å². The second kappa shape index (κ2) is 3.11. The van der Waals surface area contributed by atoms with Crippen LogP contribution in [0.15, 0.2) is 34.9 Å². The SMILES string of the molecule is Cc1c(C2(c3ccccc3)CC2)noc1N. The van der Waals surface area contributed by atoms with E-state index in [0.29, 0.717) is 5.88 Å². The topological polar surface area (TPSA) is 52.0 Å². The summed E-state index contributed by atoms with van der Waals surface area (Å²) in [5.74, 6) is 0.442. The molecule has 3 rings (SSSR count). The summed E-state index contributed by atoms with van der Waals surface area (Å²) < 4.78 is 5.07. The quantitative estimate of drug-likeness (QED) is 0.836. The van der Waals surface area contributed by atoms with Crippen molar-refractivity contribution < 1.29 is 4.52 Å². The molecule has 2 N–H and O–H groups in total. The van der Waals surface area contributed by atoms with E-state index < -0.39 is 0 Å². The summed E-state index contributed by atoms with van der Waals surface area (Å²) in [6.45, 7) is 1.98. The number of benzene rings is 1. The molecule has 3 heteroatoms. The Kier molecular flexibility index (Phi) is 1.84. The number of nitrogens with two attached hydrogens (primary N) is 1. The molecule has 1 aliphatic carbocycles. The lowest BCUT2D eigenvalue weighted by atomic mass is 9.90. The van der Waals surface area contributed by atoms with Crippen LogP contribution >= 0.6 is 0 Å². The number of anilines is 1. The summed E-state index contributed by atoms with van der Waals surface area (Å²) in [5.41, 5.74) is 9.09. The minimum Gasteiger partial charge on any atom is -0.367 e. The summed E-state index contributed by atoms with van der Waals surface area (Å²) in [4.78, 5) is 0. The van der Waals surface area contributed by atoms with E-state index in [1.807, 2.05) is 13.0 Å². The van der Waals surface area contributed by atoms with Gasteiger partial charge < -0.3 is 10.3 Å². The van der Waals surface area contributed by atoms with Crippen LogP contribution in [0.2, 0.25) is 0 Å². The molecular formula is C13H14N2O. The van der Waals surface area contributed by atoms with Crippen LogP contribution < -0.4 is 5.73 Å². The molecule has 3 nitrogen and oxygen atoms in total. The first-order valence-electron chi connectivity index (χ1n) is 5.52. The van der Waals surface area contributed by atoms with Gasteiger partial charge in [-0.25, -0.2) is 0 Å². The summed E-state index contributed by atoms with van der Waals surface area (Å²) in [7, 11) is 0. The Morgan fingerprint density at radius 2 is 1.94 bits per heavy atom. The number of aromatic nitrogens is 1. The van der Waals surface area contributed by atoms with E-state index in [0.717, 1.165) is 24.1 Å². The second-order valence-corrected chi connectivity index (χ2v) is 4.47. The molecule has 0 bridgehead atoms. The average Bonchev–Trinajstić information content (AvgIpc) is 3.05. The zero-order chi connectivity index (χ0) is 11.2. The molecule has 0 radical (unpaired) electrons. The van der Waals surface area contributed by atoms with Crippen LogP contribution in [0.25, 0.3) is 0 Å². The standard InChI is InChI=1S/C13H14N2O/c1-9-11(15-16-12(9)14)13(7-8-13)10-5-3-2-4-6-10/h2-6H,7-8,14H2,1H3. The summed E-state index contributed by atoms with van der Waals surface area (Å²) >= 11 is 0. The third kappa shape index (κ3) is 1.18. The van der Waals surface area contributed by atoms with Crippen molar-refractivity contribution in [2.75, 3.05) is 5.73 Å². The minimum absolute atomic E-state index is 0.0620. The fourth-order valence-corrected chi connectivity index (χ4v) is 2.34. The maximum absolute atomic E-state index is 5.71. The van der Waals surface area contributed by atoms with Gasteiger partial charge in [0, 0.05) is 11.0 Å². The predicted octanol–water partition coefficient (Wildman–Crippen LogP) is 2.65. The fraction of sp³-hybridized carbons (Fsp3) is 0.308. The highest BCUT2D eigenvalue weighted by molar-refractivity contribution is 5.49. The van der Waals surface area contributed by atoms with Crippen molar-refractivity contribution in [3.63, 3.8) is 0 Å². The molecule has 1 fully saturated rings. The molecule has 1 aliphatic rings. The molecule has 1 saturated carbocycles. The van der Waals surface area contributed by atoms with Crippen LogP contribution in [0.5, 0.6) is 0 Å². The van der Waals surface area contributed by atoms with Crippen molar-refractivity contribution in [3.05, 3.63) is 47.2 Å². The Balaban J connectivity index is 2.10. The second-order valence-electron chi connectivity index (χ2n) is 4.47. The number of hydrogen-bond acceptors (Lipinski definition) is 3. The molecule has 0 amide bonds. The lowest BCUT2D eigenvalue weighted by Gasteiger charge is -2.12. The molecule has 1 aromatic carbocycles. The van der Waals surface area contributed by atoms with Gasteiger partial charge in [-0.1, -0.05) is 35.5 Å². The largest absolute Gasteiger partial charge is 0.367 e. The zero-order valence-corrected chi connectivity index (χ0v) is 9.23. The molecule has 0 spiro atoms. The lowest BCUT2D eigenvalue weighted by molar-refractivity contribution is 0.422. The van der Waals surface area contributed by atoms with Gasteiger partial charge in [0.25, 0.3) is 0 Å². The first kappa shape index (κ1) is 9.46. The molecule has 0 saturated heterocycles. The molecule has 2 aromatic rings. The van der Waals surface area contributed by atoms with Gasteiger partial charge in [-0.2, -0.15) is 0 Å². The Hall–Kier alpha value is -1.77. The number of nitrogen functional groups attached to an aromatic ring is 1. The molecule has 0 aliphatic heterocycles. The molecule has 16 heavy (non-hydrogen) atoms. The van der Waals surface area contributed by atoms with Crippen molar-refractivity contribution in [1.82, 2.24) is 5.16 Å². The van der Waals surface area contributed by atoms with Gasteiger partial charge in [-0.05, 0) is 25.3 Å².